The Kier molecular flexibility index (Phi) is 11.5. The van der Waals surface area contributed by atoms with Crippen LogP contribution in [0.25, 0.3) is 0 Å². The van der Waals surface area contributed by atoms with Crippen LogP contribution in [0.3, 0.4) is 0 Å². The Morgan fingerprint density at radius 2 is 1.39 bits per heavy atom. The van der Waals surface area contributed by atoms with E-state index in [1.807, 2.05) is 0 Å². The number of rotatable bonds is 8. The van der Waals surface area contributed by atoms with Crippen molar-refractivity contribution in [3.63, 3.8) is 0 Å². The molecule has 0 aliphatic rings. The van der Waals surface area contributed by atoms with E-state index in [0.29, 0.717) is 11.3 Å². The quantitative estimate of drug-likeness (QED) is 0.263. The smallest absolute Gasteiger partial charge is 0.0889 e. The van der Waals surface area contributed by atoms with Crippen molar-refractivity contribution in [2.75, 3.05) is 0 Å². The van der Waals surface area contributed by atoms with Crippen LogP contribution >= 0.6 is 16.1 Å². The average Bonchev–Trinajstić information content (AvgIpc) is 2.41. The molecule has 0 saturated heterocycles. The molecule has 0 aromatic heterocycles. The zero-order valence-electron chi connectivity index (χ0n) is 15.9. The van der Waals surface area contributed by atoms with Gasteiger partial charge in [0.25, 0.3) is 0 Å². The molecule has 0 aliphatic carbocycles. The van der Waals surface area contributed by atoms with Gasteiger partial charge in [0, 0.05) is 37.2 Å². The van der Waals surface area contributed by atoms with Gasteiger partial charge in [-0.05, 0) is 17.5 Å². The van der Waals surface area contributed by atoms with Gasteiger partial charge in [0.05, 0.1) is 8.15 Å². The van der Waals surface area contributed by atoms with E-state index in [4.69, 9.17) is 4.52 Å². The van der Waals surface area contributed by atoms with Crippen molar-refractivity contribution in [3.8, 4) is 5.75 Å². The first kappa shape index (κ1) is 23.5. The third kappa shape index (κ3) is 7.96. The van der Waals surface area contributed by atoms with Crippen molar-refractivity contribution < 1.29 is 24.6 Å². The van der Waals surface area contributed by atoms with E-state index < -0.39 is 8.15 Å². The van der Waals surface area contributed by atoms with Crippen molar-refractivity contribution in [1.82, 2.24) is 0 Å². The van der Waals surface area contributed by atoms with Crippen LogP contribution in [0.2, 0.25) is 0 Å². The Bertz CT molecular complexity index is 394. The Hall–Kier alpha value is 0.529. The molecule has 0 fully saturated rings. The van der Waals surface area contributed by atoms with Crippen LogP contribution in [0.1, 0.15) is 61.0 Å². The summed E-state index contributed by atoms with van der Waals surface area (Å²) in [6.07, 6.45) is 1.16. The van der Waals surface area contributed by atoms with Crippen molar-refractivity contribution in [3.05, 3.63) is 29.8 Å². The van der Waals surface area contributed by atoms with Gasteiger partial charge in [0.15, 0.2) is 0 Å². The predicted molar refractivity (Wildman–Crippen MR) is 104 cm³/mol. The van der Waals surface area contributed by atoms with Gasteiger partial charge >= 0.3 is 0 Å². The molecule has 0 atom stereocenters. The molecule has 0 saturated carbocycles. The molecule has 0 amide bonds. The summed E-state index contributed by atoms with van der Waals surface area (Å²) in [6, 6.07) is 9.94. The van der Waals surface area contributed by atoms with Crippen molar-refractivity contribution in [2.24, 2.45) is 0 Å². The maximum Gasteiger partial charge on any atom is 0.0889 e. The maximum absolute atomic E-state index is 6.30. The number of benzene rings is 1. The second-order valence-corrected chi connectivity index (χ2v) is 13.4. The van der Waals surface area contributed by atoms with E-state index in [1.54, 1.807) is 0 Å². The summed E-state index contributed by atoms with van der Waals surface area (Å²) >= 11 is 0. The summed E-state index contributed by atoms with van der Waals surface area (Å²) in [7, 11) is -0.433. The Labute approximate surface area is 160 Å². The summed E-state index contributed by atoms with van der Waals surface area (Å²) in [5.41, 5.74) is 3.99. The SMILES string of the molecule is CC(C)P(Cc1[c-]c(OP(C(C)C)C(C)C)ccc1)C(C)C.[Ir]. The monoisotopic (exact) mass is 532 g/mol. The maximum atomic E-state index is 6.30. The van der Waals surface area contributed by atoms with Crippen molar-refractivity contribution >= 4 is 16.1 Å². The van der Waals surface area contributed by atoms with Gasteiger partial charge in [-0.15, -0.1) is 12.1 Å². The molecule has 0 unspecified atom stereocenters. The van der Waals surface area contributed by atoms with Crippen LogP contribution in [0, 0.1) is 6.07 Å². The first-order chi connectivity index (χ1) is 10.2. The van der Waals surface area contributed by atoms with E-state index in [0.717, 1.165) is 23.2 Å². The molecule has 23 heavy (non-hydrogen) atoms. The molecule has 1 radical (unpaired) electrons. The summed E-state index contributed by atoms with van der Waals surface area (Å²) in [5.74, 6) is 0.938. The number of hydrogen-bond acceptors (Lipinski definition) is 1. The second kappa shape index (κ2) is 11.2. The predicted octanol–water partition coefficient (Wildman–Crippen LogP) is 6.88. The zero-order valence-corrected chi connectivity index (χ0v) is 20.1. The fourth-order valence-corrected chi connectivity index (χ4v) is 7.17. The van der Waals surface area contributed by atoms with Crippen molar-refractivity contribution in [1.29, 1.82) is 0 Å². The van der Waals surface area contributed by atoms with Gasteiger partial charge in [-0.2, -0.15) is 17.7 Å². The summed E-state index contributed by atoms with van der Waals surface area (Å²) in [5, 5.41) is 0. The molecule has 1 aromatic rings. The number of hydrogen-bond donors (Lipinski definition) is 0. The van der Waals surface area contributed by atoms with E-state index in [2.05, 4.69) is 79.7 Å². The first-order valence-corrected chi connectivity index (χ1v) is 11.5. The van der Waals surface area contributed by atoms with Gasteiger partial charge in [-0.1, -0.05) is 63.3 Å². The van der Waals surface area contributed by atoms with Gasteiger partial charge in [-0.3, -0.25) is 0 Å². The molecule has 0 aliphatic heterocycles. The molecule has 0 bridgehead atoms. The van der Waals surface area contributed by atoms with E-state index in [1.165, 1.54) is 5.56 Å². The molecule has 1 aromatic carbocycles. The molecule has 135 valence electrons. The van der Waals surface area contributed by atoms with E-state index in [-0.39, 0.29) is 28.0 Å². The minimum atomic E-state index is -0.439. The van der Waals surface area contributed by atoms with Gasteiger partial charge in [0.1, 0.15) is 0 Å². The summed E-state index contributed by atoms with van der Waals surface area (Å²) < 4.78 is 6.30. The van der Waals surface area contributed by atoms with E-state index >= 15 is 0 Å². The van der Waals surface area contributed by atoms with Gasteiger partial charge < -0.3 is 4.52 Å². The fourth-order valence-electron chi connectivity index (χ4n) is 2.72. The molecular formula is C19H33IrOP2-. The first-order valence-electron chi connectivity index (χ1n) is 8.45. The molecule has 0 spiro atoms. The molecule has 4 heteroatoms. The summed E-state index contributed by atoms with van der Waals surface area (Å²) in [4.78, 5) is 0. The zero-order chi connectivity index (χ0) is 16.9. The second-order valence-electron chi connectivity index (χ2n) is 7.04. The van der Waals surface area contributed by atoms with Crippen LogP contribution in [-0.2, 0) is 26.3 Å². The van der Waals surface area contributed by atoms with Gasteiger partial charge in [-0.25, -0.2) is 0 Å². The average molecular weight is 532 g/mol. The fraction of sp³-hybridized carbons (Fsp3) is 0.684. The van der Waals surface area contributed by atoms with Crippen LogP contribution < -0.4 is 4.52 Å². The van der Waals surface area contributed by atoms with Crippen LogP contribution in [-0.4, -0.2) is 22.6 Å². The minimum Gasteiger partial charge on any atom is -0.499 e. The third-order valence-electron chi connectivity index (χ3n) is 3.73. The van der Waals surface area contributed by atoms with Crippen molar-refractivity contribution in [2.45, 2.75) is 84.2 Å². The molecule has 1 rings (SSSR count). The molecule has 0 N–H and O–H groups in total. The Morgan fingerprint density at radius 1 is 0.870 bits per heavy atom. The largest absolute Gasteiger partial charge is 0.499 e. The third-order valence-corrected chi connectivity index (χ3v) is 9.53. The van der Waals surface area contributed by atoms with E-state index in [9.17, 15) is 0 Å². The normalized spacial score (nSPS) is 11.9. The van der Waals surface area contributed by atoms with Crippen LogP contribution in [0.4, 0.5) is 0 Å². The molecular weight excluding hydrogens is 498 g/mol. The topological polar surface area (TPSA) is 9.23 Å². The van der Waals surface area contributed by atoms with Crippen LogP contribution in [0.15, 0.2) is 18.2 Å². The minimum absolute atomic E-state index is 0. The Morgan fingerprint density at radius 3 is 1.83 bits per heavy atom. The summed E-state index contributed by atoms with van der Waals surface area (Å²) in [6.45, 7) is 18.4. The van der Waals surface area contributed by atoms with Gasteiger partial charge in [0.2, 0.25) is 0 Å². The standard InChI is InChI=1S/C19H33OP2.Ir/c1-14(2)21(15(3)4)13-18-10-9-11-19(12-18)20-22(16(5)6)17(7)8;/h9-11,14-17H,13H2,1-8H3;/q-1;. The van der Waals surface area contributed by atoms with Crippen LogP contribution in [0.5, 0.6) is 5.75 Å². The molecule has 1 nitrogen and oxygen atoms in total. The molecule has 0 heterocycles. The Balaban J connectivity index is 0.00000484.